The molecule has 0 radical (unpaired) electrons. The third-order valence-corrected chi connectivity index (χ3v) is 9.53. The van der Waals surface area contributed by atoms with E-state index in [1.807, 2.05) is 0 Å². The predicted molar refractivity (Wildman–Crippen MR) is 164 cm³/mol. The SMILES string of the molecule is COc1ccc(S(=O)(=O)N(CC(=O)Nc2ccc(S(=O)(=O)Nc3cc(OC)ccc3OC)cc2)c2cccc(Cl)c2)cc1. The number of hydrogen-bond acceptors (Lipinski definition) is 8. The van der Waals surface area contributed by atoms with Crippen molar-refractivity contribution < 1.29 is 35.8 Å². The number of carbonyl (C=O) groups excluding carboxylic acids is 1. The quantitative estimate of drug-likeness (QED) is 0.219. The van der Waals surface area contributed by atoms with Gasteiger partial charge in [0.15, 0.2) is 0 Å². The number of ether oxygens (including phenoxy) is 3. The van der Waals surface area contributed by atoms with Crippen molar-refractivity contribution in [3.8, 4) is 17.2 Å². The number of nitrogens with one attached hydrogen (secondary N) is 2. The van der Waals surface area contributed by atoms with E-state index in [-0.39, 0.29) is 31.9 Å². The zero-order valence-electron chi connectivity index (χ0n) is 23.3. The molecular formula is C29H28ClN3O8S2. The molecule has 0 bridgehead atoms. The zero-order valence-corrected chi connectivity index (χ0v) is 25.7. The van der Waals surface area contributed by atoms with Crippen molar-refractivity contribution >= 4 is 54.6 Å². The first-order chi connectivity index (χ1) is 20.5. The van der Waals surface area contributed by atoms with Crippen LogP contribution in [0.25, 0.3) is 0 Å². The molecule has 0 aliphatic rings. The van der Waals surface area contributed by atoms with Gasteiger partial charge in [-0.15, -0.1) is 0 Å². The van der Waals surface area contributed by atoms with E-state index < -0.39 is 32.5 Å². The third kappa shape index (κ3) is 7.49. The summed E-state index contributed by atoms with van der Waals surface area (Å²) in [5, 5.41) is 2.89. The lowest BCUT2D eigenvalue weighted by Gasteiger charge is -2.24. The maximum absolute atomic E-state index is 13.6. The van der Waals surface area contributed by atoms with Crippen LogP contribution >= 0.6 is 11.6 Å². The molecule has 226 valence electrons. The first-order valence-electron chi connectivity index (χ1n) is 12.5. The summed E-state index contributed by atoms with van der Waals surface area (Å²) in [5.41, 5.74) is 0.605. The van der Waals surface area contributed by atoms with Gasteiger partial charge in [-0.25, -0.2) is 16.8 Å². The highest BCUT2D eigenvalue weighted by atomic mass is 35.5. The normalized spacial score (nSPS) is 11.3. The molecule has 2 N–H and O–H groups in total. The largest absolute Gasteiger partial charge is 0.497 e. The first kappa shape index (κ1) is 31.5. The fraction of sp³-hybridized carbons (Fsp3) is 0.138. The standard InChI is InChI=1S/C29H28ClN3O8S2/c1-39-23-9-14-26(15-10-23)43(37,38)33(22-6-4-5-20(30)17-22)19-29(34)31-21-7-12-25(13-8-21)42(35,36)32-27-18-24(40-2)11-16-28(27)41-3/h4-18,32H,19H2,1-3H3,(H,31,34). The molecule has 14 heteroatoms. The molecule has 43 heavy (non-hydrogen) atoms. The second-order valence-corrected chi connectivity index (χ2v) is 12.9. The van der Waals surface area contributed by atoms with E-state index >= 15 is 0 Å². The van der Waals surface area contributed by atoms with E-state index in [2.05, 4.69) is 10.0 Å². The van der Waals surface area contributed by atoms with Gasteiger partial charge in [0.05, 0.1) is 42.5 Å². The summed E-state index contributed by atoms with van der Waals surface area (Å²) in [6, 6.07) is 21.9. The molecule has 0 heterocycles. The molecule has 0 atom stereocenters. The van der Waals surface area contributed by atoms with Crippen LogP contribution in [0.2, 0.25) is 5.02 Å². The van der Waals surface area contributed by atoms with E-state index in [0.29, 0.717) is 17.2 Å². The van der Waals surface area contributed by atoms with Crippen LogP contribution in [0.1, 0.15) is 0 Å². The summed E-state index contributed by atoms with van der Waals surface area (Å²) < 4.78 is 72.2. The number of methoxy groups -OCH3 is 3. The van der Waals surface area contributed by atoms with Crippen molar-refractivity contribution in [2.24, 2.45) is 0 Å². The molecule has 1 amide bonds. The molecule has 0 aromatic heterocycles. The van der Waals surface area contributed by atoms with Crippen molar-refractivity contribution in [1.82, 2.24) is 0 Å². The van der Waals surface area contributed by atoms with Crippen molar-refractivity contribution in [2.75, 3.05) is 42.2 Å². The van der Waals surface area contributed by atoms with Crippen LogP contribution in [0, 0.1) is 0 Å². The number of benzene rings is 4. The minimum absolute atomic E-state index is 0.0594. The van der Waals surface area contributed by atoms with E-state index in [1.165, 1.54) is 88.1 Å². The smallest absolute Gasteiger partial charge is 0.264 e. The topological polar surface area (TPSA) is 140 Å². The molecule has 0 unspecified atom stereocenters. The molecule has 4 aromatic carbocycles. The van der Waals surface area contributed by atoms with Gasteiger partial charge < -0.3 is 19.5 Å². The van der Waals surface area contributed by atoms with E-state index in [1.54, 1.807) is 24.3 Å². The first-order valence-corrected chi connectivity index (χ1v) is 15.8. The Morgan fingerprint density at radius 3 is 2.00 bits per heavy atom. The highest BCUT2D eigenvalue weighted by molar-refractivity contribution is 7.93. The van der Waals surface area contributed by atoms with Crippen LogP contribution in [-0.4, -0.2) is 50.6 Å². The number of carbonyl (C=O) groups is 1. The van der Waals surface area contributed by atoms with Crippen molar-refractivity contribution in [3.63, 3.8) is 0 Å². The predicted octanol–water partition coefficient (Wildman–Crippen LogP) is 5.00. The number of rotatable bonds is 12. The maximum atomic E-state index is 13.6. The second kappa shape index (κ2) is 13.2. The Kier molecular flexibility index (Phi) is 9.69. The Labute approximate surface area is 255 Å². The fourth-order valence-electron chi connectivity index (χ4n) is 3.97. The summed E-state index contributed by atoms with van der Waals surface area (Å²) in [7, 11) is -3.91. The molecule has 0 saturated carbocycles. The van der Waals surface area contributed by atoms with E-state index in [4.69, 9.17) is 25.8 Å². The third-order valence-electron chi connectivity index (χ3n) is 6.13. The molecule has 4 aromatic rings. The van der Waals surface area contributed by atoms with Crippen LogP contribution in [0.4, 0.5) is 17.1 Å². The number of anilines is 3. The molecule has 0 saturated heterocycles. The van der Waals surface area contributed by atoms with E-state index in [0.717, 1.165) is 4.31 Å². The maximum Gasteiger partial charge on any atom is 0.264 e. The van der Waals surface area contributed by atoms with Crippen LogP contribution in [-0.2, 0) is 24.8 Å². The summed E-state index contributed by atoms with van der Waals surface area (Å²) in [5.74, 6) is 0.515. The summed E-state index contributed by atoms with van der Waals surface area (Å²) in [6.07, 6.45) is 0. The van der Waals surface area contributed by atoms with Crippen molar-refractivity contribution in [2.45, 2.75) is 9.79 Å². The van der Waals surface area contributed by atoms with Crippen LogP contribution in [0.15, 0.2) is 101 Å². The second-order valence-electron chi connectivity index (χ2n) is 8.91. The van der Waals surface area contributed by atoms with E-state index in [9.17, 15) is 21.6 Å². The number of amides is 1. The average Bonchev–Trinajstić information content (AvgIpc) is 2.99. The Hall–Kier alpha value is -4.46. The fourth-order valence-corrected chi connectivity index (χ4v) is 6.63. The minimum Gasteiger partial charge on any atom is -0.497 e. The monoisotopic (exact) mass is 645 g/mol. The zero-order chi connectivity index (χ0) is 31.2. The van der Waals surface area contributed by atoms with Gasteiger partial charge in [-0.2, -0.15) is 0 Å². The average molecular weight is 646 g/mol. The summed E-state index contributed by atoms with van der Waals surface area (Å²) >= 11 is 6.12. The number of nitrogens with zero attached hydrogens (tertiary/aromatic N) is 1. The number of halogens is 1. The number of sulfonamides is 2. The van der Waals surface area contributed by atoms with Crippen LogP contribution in [0.3, 0.4) is 0 Å². The van der Waals surface area contributed by atoms with Crippen molar-refractivity contribution in [3.05, 3.63) is 96.0 Å². The summed E-state index contributed by atoms with van der Waals surface area (Å²) in [4.78, 5) is 12.9. The molecule has 0 spiro atoms. The van der Waals surface area contributed by atoms with Crippen LogP contribution in [0.5, 0.6) is 17.2 Å². The Balaban J connectivity index is 1.54. The number of hydrogen-bond donors (Lipinski definition) is 2. The lowest BCUT2D eigenvalue weighted by atomic mass is 10.3. The lowest BCUT2D eigenvalue weighted by Crippen LogP contribution is -2.38. The molecule has 11 nitrogen and oxygen atoms in total. The van der Waals surface area contributed by atoms with Gasteiger partial charge in [-0.1, -0.05) is 17.7 Å². The van der Waals surface area contributed by atoms with Crippen molar-refractivity contribution in [1.29, 1.82) is 0 Å². The Morgan fingerprint density at radius 1 is 0.767 bits per heavy atom. The van der Waals surface area contributed by atoms with Crippen LogP contribution < -0.4 is 28.6 Å². The lowest BCUT2D eigenvalue weighted by molar-refractivity contribution is -0.114. The molecule has 4 rings (SSSR count). The summed E-state index contributed by atoms with van der Waals surface area (Å²) in [6.45, 7) is -0.591. The molecule has 0 aliphatic heterocycles. The van der Waals surface area contributed by atoms with Gasteiger partial charge in [0, 0.05) is 16.8 Å². The molecule has 0 fully saturated rings. The van der Waals surface area contributed by atoms with Gasteiger partial charge in [0.25, 0.3) is 20.0 Å². The van der Waals surface area contributed by atoms with Gasteiger partial charge in [0.1, 0.15) is 23.8 Å². The van der Waals surface area contributed by atoms with Gasteiger partial charge in [-0.05, 0) is 78.9 Å². The molecule has 0 aliphatic carbocycles. The van der Waals surface area contributed by atoms with Gasteiger partial charge in [0.2, 0.25) is 5.91 Å². The van der Waals surface area contributed by atoms with Gasteiger partial charge in [-0.3, -0.25) is 13.8 Å². The molecular weight excluding hydrogens is 618 g/mol. The highest BCUT2D eigenvalue weighted by Gasteiger charge is 2.28. The highest BCUT2D eigenvalue weighted by Crippen LogP contribution is 2.31. The Bertz CT molecular complexity index is 1820. The minimum atomic E-state index is -4.20. The van der Waals surface area contributed by atoms with Gasteiger partial charge >= 0.3 is 0 Å². The Morgan fingerprint density at radius 2 is 1.40 bits per heavy atom.